The van der Waals surface area contributed by atoms with E-state index in [1.54, 1.807) is 0 Å². The van der Waals surface area contributed by atoms with Crippen LogP contribution in [0.5, 0.6) is 0 Å². The van der Waals surface area contributed by atoms with Crippen LogP contribution in [0.1, 0.15) is 80.6 Å². The SMILES string of the molecule is C[C@]1(O)CC[C@H]2[C@@H]3CCC4=CC(=O)CCC4=C3[C@@H](c3ccc(C(=O)CO)cc3)C[C@@]21C. The molecule has 0 aromatic heterocycles. The van der Waals surface area contributed by atoms with Crippen LogP contribution < -0.4 is 0 Å². The van der Waals surface area contributed by atoms with Crippen molar-refractivity contribution in [2.24, 2.45) is 17.3 Å². The number of aliphatic hydroxyl groups is 2. The quantitative estimate of drug-likeness (QED) is 0.706. The Balaban J connectivity index is 1.64. The Hall–Kier alpha value is -2.04. The summed E-state index contributed by atoms with van der Waals surface area (Å²) in [5, 5.41) is 20.6. The fourth-order valence-electron chi connectivity index (χ4n) is 7.17. The van der Waals surface area contributed by atoms with Gasteiger partial charge < -0.3 is 10.2 Å². The van der Waals surface area contributed by atoms with E-state index in [-0.39, 0.29) is 22.9 Å². The number of carbonyl (C=O) groups is 2. The highest BCUT2D eigenvalue weighted by Crippen LogP contribution is 2.66. The van der Waals surface area contributed by atoms with Gasteiger partial charge in [-0.15, -0.1) is 0 Å². The van der Waals surface area contributed by atoms with Gasteiger partial charge in [0.15, 0.2) is 11.6 Å². The molecule has 4 nitrogen and oxygen atoms in total. The molecule has 2 saturated carbocycles. The van der Waals surface area contributed by atoms with Gasteiger partial charge >= 0.3 is 0 Å². The lowest BCUT2D eigenvalue weighted by molar-refractivity contribution is -0.114. The monoisotopic (exact) mass is 420 g/mol. The molecule has 2 N–H and O–H groups in total. The zero-order valence-corrected chi connectivity index (χ0v) is 18.5. The number of allylic oxidation sites excluding steroid dienone is 4. The van der Waals surface area contributed by atoms with E-state index in [2.05, 4.69) is 6.92 Å². The lowest BCUT2D eigenvalue weighted by Gasteiger charge is -2.54. The van der Waals surface area contributed by atoms with Crippen LogP contribution in [0.25, 0.3) is 0 Å². The molecule has 1 aromatic rings. The molecule has 164 valence electrons. The van der Waals surface area contributed by atoms with E-state index in [0.717, 1.165) is 38.5 Å². The molecule has 4 aliphatic carbocycles. The smallest absolute Gasteiger partial charge is 0.188 e. The zero-order chi connectivity index (χ0) is 22.0. The minimum atomic E-state index is -0.683. The van der Waals surface area contributed by atoms with Gasteiger partial charge in [0.25, 0.3) is 0 Å². The van der Waals surface area contributed by atoms with Gasteiger partial charge in [0.05, 0.1) is 5.60 Å². The van der Waals surface area contributed by atoms with Crippen LogP contribution in [0, 0.1) is 17.3 Å². The van der Waals surface area contributed by atoms with Crippen LogP contribution in [-0.4, -0.2) is 34.0 Å². The van der Waals surface area contributed by atoms with E-state index in [0.29, 0.717) is 23.8 Å². The summed E-state index contributed by atoms with van der Waals surface area (Å²) in [5.41, 5.74) is 4.97. The lowest BCUT2D eigenvalue weighted by atomic mass is 9.51. The number of aliphatic hydroxyl groups excluding tert-OH is 1. The van der Waals surface area contributed by atoms with Crippen molar-refractivity contribution in [1.29, 1.82) is 0 Å². The molecule has 0 aliphatic heterocycles. The van der Waals surface area contributed by atoms with E-state index in [4.69, 9.17) is 0 Å². The van der Waals surface area contributed by atoms with Gasteiger partial charge in [0, 0.05) is 23.3 Å². The van der Waals surface area contributed by atoms with Gasteiger partial charge in [0.2, 0.25) is 0 Å². The topological polar surface area (TPSA) is 74.6 Å². The number of Topliss-reactive ketones (excluding diaryl/α,β-unsaturated/α-hetero) is 1. The number of rotatable bonds is 3. The Bertz CT molecular complexity index is 997. The van der Waals surface area contributed by atoms with Crippen molar-refractivity contribution >= 4 is 11.6 Å². The molecule has 0 saturated heterocycles. The number of fused-ring (bicyclic) bond motifs is 4. The van der Waals surface area contributed by atoms with Gasteiger partial charge in [-0.05, 0) is 80.1 Å². The van der Waals surface area contributed by atoms with Crippen molar-refractivity contribution in [1.82, 2.24) is 0 Å². The van der Waals surface area contributed by atoms with Gasteiger partial charge in [-0.1, -0.05) is 36.8 Å². The molecule has 0 unspecified atom stereocenters. The largest absolute Gasteiger partial charge is 0.390 e. The summed E-state index contributed by atoms with van der Waals surface area (Å²) in [6.07, 6.45) is 8.08. The Kier molecular flexibility index (Phi) is 4.87. The highest BCUT2D eigenvalue weighted by Gasteiger charge is 2.60. The molecular formula is C27H32O4. The fraction of sp³-hybridized carbons (Fsp3) is 0.556. The van der Waals surface area contributed by atoms with E-state index in [9.17, 15) is 19.8 Å². The molecule has 4 aliphatic rings. The number of hydrogen-bond donors (Lipinski definition) is 2. The minimum absolute atomic E-state index is 0.155. The average molecular weight is 421 g/mol. The predicted molar refractivity (Wildman–Crippen MR) is 119 cm³/mol. The number of carbonyl (C=O) groups excluding carboxylic acids is 2. The summed E-state index contributed by atoms with van der Waals surface area (Å²) in [6, 6.07) is 7.69. The normalized spacial score (nSPS) is 37.1. The molecule has 5 rings (SSSR count). The first kappa shape index (κ1) is 20.8. The van der Waals surface area contributed by atoms with E-state index >= 15 is 0 Å². The summed E-state index contributed by atoms with van der Waals surface area (Å²) in [5.74, 6) is 1.06. The van der Waals surface area contributed by atoms with Crippen LogP contribution in [0.15, 0.2) is 47.1 Å². The first-order valence-electron chi connectivity index (χ1n) is 11.7. The Morgan fingerprint density at radius 1 is 1.10 bits per heavy atom. The predicted octanol–water partition coefficient (Wildman–Crippen LogP) is 4.51. The zero-order valence-electron chi connectivity index (χ0n) is 18.5. The first-order valence-corrected chi connectivity index (χ1v) is 11.7. The van der Waals surface area contributed by atoms with Crippen LogP contribution in [0.4, 0.5) is 0 Å². The van der Waals surface area contributed by atoms with Gasteiger partial charge in [-0.25, -0.2) is 0 Å². The molecule has 0 amide bonds. The van der Waals surface area contributed by atoms with E-state index < -0.39 is 12.2 Å². The molecule has 0 bridgehead atoms. The molecule has 1 aromatic carbocycles. The van der Waals surface area contributed by atoms with Crippen molar-refractivity contribution in [3.8, 4) is 0 Å². The first-order chi connectivity index (χ1) is 14.7. The summed E-state index contributed by atoms with van der Waals surface area (Å²) < 4.78 is 0. The molecule has 0 radical (unpaired) electrons. The second kappa shape index (κ2) is 7.25. The third kappa shape index (κ3) is 3.10. The van der Waals surface area contributed by atoms with Crippen LogP contribution in [0.2, 0.25) is 0 Å². The maximum absolute atomic E-state index is 12.1. The molecule has 4 heteroatoms. The highest BCUT2D eigenvalue weighted by molar-refractivity contribution is 5.97. The molecule has 2 fully saturated rings. The summed E-state index contributed by atoms with van der Waals surface area (Å²) >= 11 is 0. The number of benzene rings is 1. The lowest BCUT2D eigenvalue weighted by Crippen LogP contribution is -2.50. The number of hydrogen-bond acceptors (Lipinski definition) is 4. The van der Waals surface area contributed by atoms with Gasteiger partial charge in [-0.2, -0.15) is 0 Å². The van der Waals surface area contributed by atoms with Gasteiger partial charge in [-0.3, -0.25) is 9.59 Å². The summed E-state index contributed by atoms with van der Waals surface area (Å²) in [4.78, 5) is 24.0. The third-order valence-corrected chi connectivity index (χ3v) is 9.08. The highest BCUT2D eigenvalue weighted by atomic mass is 16.3. The second-order valence-corrected chi connectivity index (χ2v) is 10.5. The van der Waals surface area contributed by atoms with Crippen molar-refractivity contribution in [3.63, 3.8) is 0 Å². The summed E-state index contributed by atoms with van der Waals surface area (Å²) in [6.45, 7) is 3.81. The van der Waals surface area contributed by atoms with Gasteiger partial charge in [0.1, 0.15) is 6.61 Å². The van der Waals surface area contributed by atoms with Crippen molar-refractivity contribution in [2.45, 2.75) is 70.3 Å². The maximum Gasteiger partial charge on any atom is 0.188 e. The Morgan fingerprint density at radius 2 is 1.84 bits per heavy atom. The molecule has 5 atom stereocenters. The van der Waals surface area contributed by atoms with E-state index in [1.807, 2.05) is 37.3 Å². The van der Waals surface area contributed by atoms with Crippen LogP contribution >= 0.6 is 0 Å². The molecule has 0 spiro atoms. The second-order valence-electron chi connectivity index (χ2n) is 10.5. The van der Waals surface area contributed by atoms with Crippen molar-refractivity contribution in [3.05, 3.63) is 58.2 Å². The minimum Gasteiger partial charge on any atom is -0.390 e. The standard InChI is InChI=1S/C27H32O4/c1-26-14-22(16-3-5-17(6-4-16)24(30)15-28)25-20-10-8-19(29)13-18(20)7-9-21(25)23(26)11-12-27(26,2)31/h3-6,13,21-23,28,31H,7-12,14-15H2,1-2H3/t21-,22+,23-,26-,27-/m0/s1. The molecular weight excluding hydrogens is 388 g/mol. The van der Waals surface area contributed by atoms with E-state index in [1.165, 1.54) is 22.3 Å². The Labute approximate surface area is 184 Å². The number of ketones is 2. The van der Waals surface area contributed by atoms with Crippen molar-refractivity contribution in [2.75, 3.05) is 6.61 Å². The average Bonchev–Trinajstić information content (AvgIpc) is 3.01. The maximum atomic E-state index is 12.1. The molecule has 0 heterocycles. The summed E-state index contributed by atoms with van der Waals surface area (Å²) in [7, 11) is 0. The van der Waals surface area contributed by atoms with Crippen LogP contribution in [0.3, 0.4) is 0 Å². The fourth-order valence-corrected chi connectivity index (χ4v) is 7.17. The Morgan fingerprint density at radius 3 is 2.55 bits per heavy atom. The van der Waals surface area contributed by atoms with Crippen molar-refractivity contribution < 1.29 is 19.8 Å². The third-order valence-electron chi connectivity index (χ3n) is 9.08. The molecule has 31 heavy (non-hydrogen) atoms. The van der Waals surface area contributed by atoms with Crippen LogP contribution in [-0.2, 0) is 4.79 Å².